The van der Waals surface area contributed by atoms with Gasteiger partial charge in [-0.1, -0.05) is 49.4 Å². The Labute approximate surface area is 158 Å². The van der Waals surface area contributed by atoms with Gasteiger partial charge in [-0.3, -0.25) is 9.69 Å². The molecule has 1 heterocycles. The molecule has 0 fully saturated rings. The maximum Gasteiger partial charge on any atom is 0.237 e. The lowest BCUT2D eigenvalue weighted by Crippen LogP contribution is -2.43. The highest BCUT2D eigenvalue weighted by molar-refractivity contribution is 7.18. The van der Waals surface area contributed by atoms with Crippen LogP contribution in [0.1, 0.15) is 30.3 Å². The number of rotatable bonds is 7. The fourth-order valence-corrected chi connectivity index (χ4v) is 3.87. The van der Waals surface area contributed by atoms with Crippen molar-refractivity contribution in [2.24, 2.45) is 0 Å². The Balaban J connectivity index is 1.53. The van der Waals surface area contributed by atoms with E-state index in [1.54, 1.807) is 11.3 Å². The van der Waals surface area contributed by atoms with Crippen molar-refractivity contribution in [3.8, 4) is 0 Å². The summed E-state index contributed by atoms with van der Waals surface area (Å²) in [5.41, 5.74) is 2.26. The first kappa shape index (κ1) is 18.5. The standard InChI is InChI=1S/C21H25N3OS/c1-15(17-9-5-4-6-10-17)13-22-21(25)16(2)24(3)14-20-23-18-11-7-8-12-19(18)26-20/h4-12,15-16H,13-14H2,1-3H3,(H,22,25). The highest BCUT2D eigenvalue weighted by Crippen LogP contribution is 2.22. The Morgan fingerprint density at radius 1 is 1.12 bits per heavy atom. The van der Waals surface area contributed by atoms with Crippen LogP contribution in [0.5, 0.6) is 0 Å². The van der Waals surface area contributed by atoms with E-state index in [4.69, 9.17) is 0 Å². The highest BCUT2D eigenvalue weighted by atomic mass is 32.1. The van der Waals surface area contributed by atoms with Gasteiger partial charge in [0.1, 0.15) is 5.01 Å². The molecule has 0 aliphatic rings. The molecule has 2 aromatic carbocycles. The second kappa shape index (κ2) is 8.43. The third kappa shape index (κ3) is 4.48. The molecule has 0 saturated carbocycles. The molecule has 0 aliphatic carbocycles. The molecule has 2 atom stereocenters. The number of aromatic nitrogens is 1. The number of likely N-dealkylation sites (N-methyl/N-ethyl adjacent to an activating group) is 1. The predicted molar refractivity (Wildman–Crippen MR) is 108 cm³/mol. The molecule has 0 radical (unpaired) electrons. The minimum atomic E-state index is -0.204. The summed E-state index contributed by atoms with van der Waals surface area (Å²) >= 11 is 1.69. The van der Waals surface area contributed by atoms with Gasteiger partial charge in [-0.15, -0.1) is 11.3 Å². The maximum atomic E-state index is 12.5. The number of para-hydroxylation sites is 1. The maximum absolute atomic E-state index is 12.5. The summed E-state index contributed by atoms with van der Waals surface area (Å²) in [6.45, 7) is 5.38. The Bertz CT molecular complexity index is 829. The second-order valence-corrected chi connectivity index (χ2v) is 7.84. The molecule has 4 nitrogen and oxygen atoms in total. The van der Waals surface area contributed by atoms with E-state index in [1.165, 1.54) is 10.3 Å². The molecule has 0 bridgehead atoms. The van der Waals surface area contributed by atoms with Crippen molar-refractivity contribution < 1.29 is 4.79 Å². The van der Waals surface area contributed by atoms with E-state index in [1.807, 2.05) is 55.3 Å². The van der Waals surface area contributed by atoms with E-state index < -0.39 is 0 Å². The Kier molecular flexibility index (Phi) is 6.01. The lowest BCUT2D eigenvalue weighted by molar-refractivity contribution is -0.125. The minimum absolute atomic E-state index is 0.0522. The number of hydrogen-bond acceptors (Lipinski definition) is 4. The zero-order chi connectivity index (χ0) is 18.5. The highest BCUT2D eigenvalue weighted by Gasteiger charge is 2.20. The van der Waals surface area contributed by atoms with Crippen molar-refractivity contribution >= 4 is 27.5 Å². The average Bonchev–Trinajstić information content (AvgIpc) is 3.08. The van der Waals surface area contributed by atoms with E-state index in [0.29, 0.717) is 19.0 Å². The Hall–Kier alpha value is -2.24. The first-order valence-corrected chi connectivity index (χ1v) is 9.73. The number of amides is 1. The van der Waals surface area contributed by atoms with Crippen LogP contribution < -0.4 is 5.32 Å². The topological polar surface area (TPSA) is 45.2 Å². The molecule has 0 spiro atoms. The van der Waals surface area contributed by atoms with Gasteiger partial charge in [0, 0.05) is 6.54 Å². The molecule has 2 unspecified atom stereocenters. The minimum Gasteiger partial charge on any atom is -0.354 e. The van der Waals surface area contributed by atoms with Crippen LogP contribution in [0.15, 0.2) is 54.6 Å². The van der Waals surface area contributed by atoms with Gasteiger partial charge >= 0.3 is 0 Å². The molecule has 1 N–H and O–H groups in total. The average molecular weight is 368 g/mol. The third-order valence-corrected chi connectivity index (χ3v) is 5.74. The van der Waals surface area contributed by atoms with Crippen molar-refractivity contribution in [2.75, 3.05) is 13.6 Å². The van der Waals surface area contributed by atoms with Gasteiger partial charge in [0.2, 0.25) is 5.91 Å². The fourth-order valence-electron chi connectivity index (χ4n) is 2.84. The summed E-state index contributed by atoms with van der Waals surface area (Å²) in [5, 5.41) is 4.11. The number of hydrogen-bond donors (Lipinski definition) is 1. The van der Waals surface area contributed by atoms with Crippen LogP contribution in [0.2, 0.25) is 0 Å². The van der Waals surface area contributed by atoms with Gasteiger partial charge in [-0.2, -0.15) is 0 Å². The summed E-state index contributed by atoms with van der Waals surface area (Å²) < 4.78 is 1.18. The molecule has 136 valence electrons. The molecule has 3 aromatic rings. The molecular weight excluding hydrogens is 342 g/mol. The smallest absolute Gasteiger partial charge is 0.237 e. The zero-order valence-corrected chi connectivity index (χ0v) is 16.3. The summed E-state index contributed by atoms with van der Waals surface area (Å²) in [7, 11) is 1.97. The molecule has 1 aromatic heterocycles. The van der Waals surface area contributed by atoms with Crippen LogP contribution >= 0.6 is 11.3 Å². The summed E-state index contributed by atoms with van der Waals surface area (Å²) in [6, 6.07) is 18.2. The molecule has 5 heteroatoms. The normalized spacial score (nSPS) is 13.7. The number of thiazole rings is 1. The van der Waals surface area contributed by atoms with Gasteiger partial charge in [0.25, 0.3) is 0 Å². The van der Waals surface area contributed by atoms with Crippen LogP contribution in [0, 0.1) is 0 Å². The molecule has 1 amide bonds. The molecular formula is C21H25N3OS. The summed E-state index contributed by atoms with van der Waals surface area (Å²) in [5.74, 6) is 0.346. The largest absolute Gasteiger partial charge is 0.354 e. The molecule has 3 rings (SSSR count). The lowest BCUT2D eigenvalue weighted by atomic mass is 10.0. The third-order valence-electron chi connectivity index (χ3n) is 4.71. The van der Waals surface area contributed by atoms with Gasteiger partial charge in [-0.25, -0.2) is 4.98 Å². The quantitative estimate of drug-likeness (QED) is 0.685. The molecule has 0 aliphatic heterocycles. The fraction of sp³-hybridized carbons (Fsp3) is 0.333. The first-order chi connectivity index (χ1) is 12.5. The van der Waals surface area contributed by atoms with Gasteiger partial charge < -0.3 is 5.32 Å². The van der Waals surface area contributed by atoms with Crippen LogP contribution in [-0.4, -0.2) is 35.4 Å². The van der Waals surface area contributed by atoms with Crippen LogP contribution in [0.3, 0.4) is 0 Å². The number of nitrogens with one attached hydrogen (secondary N) is 1. The number of carbonyl (C=O) groups is 1. The van der Waals surface area contributed by atoms with Gasteiger partial charge in [0.15, 0.2) is 0 Å². The number of nitrogens with zero attached hydrogens (tertiary/aromatic N) is 2. The van der Waals surface area contributed by atoms with Crippen molar-refractivity contribution in [3.63, 3.8) is 0 Å². The lowest BCUT2D eigenvalue weighted by Gasteiger charge is -2.23. The van der Waals surface area contributed by atoms with E-state index in [0.717, 1.165) is 10.5 Å². The summed E-state index contributed by atoms with van der Waals surface area (Å²) in [6.07, 6.45) is 0. The molecule has 0 saturated heterocycles. The van der Waals surface area contributed by atoms with E-state index in [9.17, 15) is 4.79 Å². The Morgan fingerprint density at radius 3 is 2.54 bits per heavy atom. The predicted octanol–water partition coefficient (Wildman–Crippen LogP) is 4.04. The van der Waals surface area contributed by atoms with E-state index >= 15 is 0 Å². The van der Waals surface area contributed by atoms with Crippen molar-refractivity contribution in [1.29, 1.82) is 0 Å². The van der Waals surface area contributed by atoms with Crippen LogP contribution in [0.4, 0.5) is 0 Å². The van der Waals surface area contributed by atoms with Gasteiger partial charge in [0.05, 0.1) is 22.8 Å². The van der Waals surface area contributed by atoms with Crippen molar-refractivity contribution in [3.05, 3.63) is 65.2 Å². The van der Waals surface area contributed by atoms with Crippen molar-refractivity contribution in [2.45, 2.75) is 32.4 Å². The second-order valence-electron chi connectivity index (χ2n) is 6.72. The zero-order valence-electron chi connectivity index (χ0n) is 15.5. The van der Waals surface area contributed by atoms with Gasteiger partial charge in [-0.05, 0) is 37.6 Å². The summed E-state index contributed by atoms with van der Waals surface area (Å²) in [4.78, 5) is 19.2. The number of carbonyl (C=O) groups excluding carboxylic acids is 1. The van der Waals surface area contributed by atoms with Crippen molar-refractivity contribution in [1.82, 2.24) is 15.2 Å². The Morgan fingerprint density at radius 2 is 1.81 bits per heavy atom. The SMILES string of the molecule is CC(CNC(=O)C(C)N(C)Cc1nc2ccccc2s1)c1ccccc1. The van der Waals surface area contributed by atoms with E-state index in [-0.39, 0.29) is 11.9 Å². The molecule has 26 heavy (non-hydrogen) atoms. The number of benzene rings is 2. The van der Waals surface area contributed by atoms with Crippen LogP contribution in [0.25, 0.3) is 10.2 Å². The first-order valence-electron chi connectivity index (χ1n) is 8.92. The number of fused-ring (bicyclic) bond motifs is 1. The van der Waals surface area contributed by atoms with Crippen LogP contribution in [-0.2, 0) is 11.3 Å². The van der Waals surface area contributed by atoms with E-state index in [2.05, 4.69) is 35.4 Å². The monoisotopic (exact) mass is 367 g/mol.